The van der Waals surface area contributed by atoms with Crippen molar-refractivity contribution in [3.63, 3.8) is 0 Å². The topological polar surface area (TPSA) is 69.2 Å². The van der Waals surface area contributed by atoms with Crippen LogP contribution in [0.25, 0.3) is 0 Å². The number of ether oxygens (including phenoxy) is 2. The number of carbonyl (C=O) groups excluding carboxylic acids is 1. The molecule has 0 radical (unpaired) electrons. The van der Waals surface area contributed by atoms with Gasteiger partial charge in [0, 0.05) is 11.6 Å². The lowest BCUT2D eigenvalue weighted by Gasteiger charge is -2.29. The highest BCUT2D eigenvalue weighted by molar-refractivity contribution is 5.81. The predicted octanol–water partition coefficient (Wildman–Crippen LogP) is 2.46. The maximum Gasteiger partial charge on any atom is 0.261 e. The number of hydrogen-bond acceptors (Lipinski definition) is 5. The Morgan fingerprint density at radius 2 is 2.17 bits per heavy atom. The third-order valence-electron chi connectivity index (χ3n) is 4.33. The molecule has 6 nitrogen and oxygen atoms in total. The summed E-state index contributed by atoms with van der Waals surface area (Å²) in [6.45, 7) is 2.36. The Hall–Kier alpha value is -2.24. The summed E-state index contributed by atoms with van der Waals surface area (Å²) in [5, 5.41) is 6.86. The highest BCUT2D eigenvalue weighted by Gasteiger charge is 2.22. The van der Waals surface area contributed by atoms with Crippen LogP contribution < -0.4 is 14.8 Å². The van der Waals surface area contributed by atoms with Crippen LogP contribution in [0.1, 0.15) is 38.2 Å². The summed E-state index contributed by atoms with van der Waals surface area (Å²) in [7, 11) is 0. The lowest BCUT2D eigenvalue weighted by atomic mass is 9.86. The van der Waals surface area contributed by atoms with Crippen molar-refractivity contribution in [3.05, 3.63) is 23.8 Å². The second-order valence-electron chi connectivity index (χ2n) is 6.06. The van der Waals surface area contributed by atoms with E-state index in [9.17, 15) is 4.79 Å². The van der Waals surface area contributed by atoms with E-state index in [1.807, 2.05) is 18.2 Å². The molecule has 1 fully saturated rings. The summed E-state index contributed by atoms with van der Waals surface area (Å²) >= 11 is 0. The molecule has 0 unspecified atom stereocenters. The van der Waals surface area contributed by atoms with Crippen LogP contribution in [0.15, 0.2) is 23.4 Å². The minimum absolute atomic E-state index is 0.0652. The van der Waals surface area contributed by atoms with E-state index >= 15 is 0 Å². The fraction of sp³-hybridized carbons (Fsp3) is 0.529. The molecular weight excluding hydrogens is 296 g/mol. The minimum atomic E-state index is -0.119. The molecule has 0 bridgehead atoms. The molecule has 1 amide bonds. The molecule has 0 spiro atoms. The lowest BCUT2D eigenvalue weighted by molar-refractivity contribution is -0.126. The number of hydrogen-bond donors (Lipinski definition) is 1. The van der Waals surface area contributed by atoms with Crippen LogP contribution in [0.5, 0.6) is 11.5 Å². The monoisotopic (exact) mass is 318 g/mol. The molecule has 0 saturated heterocycles. The van der Waals surface area contributed by atoms with Crippen LogP contribution in [0, 0.1) is 5.92 Å². The average molecular weight is 318 g/mol. The first-order chi connectivity index (χ1) is 11.2. The van der Waals surface area contributed by atoms with Crippen LogP contribution in [0.4, 0.5) is 0 Å². The molecular formula is C17H22N2O4. The largest absolute Gasteiger partial charge is 0.454 e. The van der Waals surface area contributed by atoms with E-state index in [4.69, 9.17) is 14.3 Å². The molecule has 1 aliphatic heterocycles. The number of rotatable bonds is 5. The Labute approximate surface area is 135 Å². The van der Waals surface area contributed by atoms with Crippen LogP contribution in [-0.2, 0) is 9.63 Å². The van der Waals surface area contributed by atoms with E-state index in [-0.39, 0.29) is 25.3 Å². The molecule has 2 atom stereocenters. The quantitative estimate of drug-likeness (QED) is 0.669. The van der Waals surface area contributed by atoms with Crippen LogP contribution in [0.3, 0.4) is 0 Å². The highest BCUT2D eigenvalue weighted by atomic mass is 16.7. The maximum absolute atomic E-state index is 11.9. The Morgan fingerprint density at radius 3 is 3.04 bits per heavy atom. The van der Waals surface area contributed by atoms with Crippen molar-refractivity contribution in [3.8, 4) is 11.5 Å². The molecule has 6 heteroatoms. The van der Waals surface area contributed by atoms with E-state index < -0.39 is 0 Å². The Morgan fingerprint density at radius 1 is 1.35 bits per heavy atom. The SMILES string of the molecule is C[C@@H]1CCCC[C@@H]1NC(=O)CO/N=C\c1ccc2c(c1)OCO2. The van der Waals surface area contributed by atoms with Crippen molar-refractivity contribution in [1.82, 2.24) is 5.32 Å². The first-order valence-corrected chi connectivity index (χ1v) is 8.07. The molecule has 1 aliphatic carbocycles. The predicted molar refractivity (Wildman–Crippen MR) is 85.7 cm³/mol. The van der Waals surface area contributed by atoms with Gasteiger partial charge < -0.3 is 19.6 Å². The summed E-state index contributed by atoms with van der Waals surface area (Å²) in [6.07, 6.45) is 6.21. The summed E-state index contributed by atoms with van der Waals surface area (Å²) in [6, 6.07) is 5.75. The van der Waals surface area contributed by atoms with Crippen molar-refractivity contribution >= 4 is 12.1 Å². The van der Waals surface area contributed by atoms with Gasteiger partial charge in [0.25, 0.3) is 5.91 Å². The zero-order valence-electron chi connectivity index (χ0n) is 13.3. The van der Waals surface area contributed by atoms with Crippen molar-refractivity contribution in [2.24, 2.45) is 11.1 Å². The van der Waals surface area contributed by atoms with E-state index in [1.54, 1.807) is 6.21 Å². The van der Waals surface area contributed by atoms with Crippen LogP contribution in [-0.4, -0.2) is 31.6 Å². The van der Waals surface area contributed by atoms with Crippen molar-refractivity contribution in [2.75, 3.05) is 13.4 Å². The van der Waals surface area contributed by atoms with Crippen LogP contribution in [0.2, 0.25) is 0 Å². The number of oxime groups is 1. The second kappa shape index (κ2) is 7.35. The Balaban J connectivity index is 1.42. The average Bonchev–Trinajstić information content (AvgIpc) is 3.01. The molecule has 1 aromatic carbocycles. The standard InChI is InChI=1S/C17H22N2O4/c1-12-4-2-3-5-14(12)19-17(20)10-23-18-9-13-6-7-15-16(8-13)22-11-21-15/h6-9,12,14H,2-5,10-11H2,1H3,(H,19,20)/b18-9-/t12-,14+/m1/s1. The lowest BCUT2D eigenvalue weighted by Crippen LogP contribution is -2.42. The van der Waals surface area contributed by atoms with Crippen molar-refractivity contribution in [1.29, 1.82) is 0 Å². The van der Waals surface area contributed by atoms with E-state index in [0.29, 0.717) is 11.7 Å². The summed E-state index contributed by atoms with van der Waals surface area (Å²) < 4.78 is 10.5. The number of benzene rings is 1. The molecule has 0 aromatic heterocycles. The summed E-state index contributed by atoms with van der Waals surface area (Å²) in [4.78, 5) is 17.0. The van der Waals surface area contributed by atoms with Gasteiger partial charge in [-0.3, -0.25) is 4.79 Å². The molecule has 1 heterocycles. The second-order valence-corrected chi connectivity index (χ2v) is 6.06. The fourth-order valence-corrected chi connectivity index (χ4v) is 2.97. The van der Waals surface area contributed by atoms with Gasteiger partial charge >= 0.3 is 0 Å². The molecule has 1 saturated carbocycles. The number of carbonyl (C=O) groups is 1. The third-order valence-corrected chi connectivity index (χ3v) is 4.33. The number of nitrogens with zero attached hydrogens (tertiary/aromatic N) is 1. The smallest absolute Gasteiger partial charge is 0.261 e. The summed E-state index contributed by atoms with van der Waals surface area (Å²) in [5.74, 6) is 1.83. The molecule has 23 heavy (non-hydrogen) atoms. The number of fused-ring (bicyclic) bond motifs is 1. The van der Waals surface area contributed by atoms with Gasteiger partial charge in [0.1, 0.15) is 0 Å². The molecule has 124 valence electrons. The molecule has 3 rings (SSSR count). The van der Waals surface area contributed by atoms with E-state index in [2.05, 4.69) is 17.4 Å². The zero-order valence-corrected chi connectivity index (χ0v) is 13.3. The normalized spacial score (nSPS) is 23.0. The molecule has 2 aliphatic rings. The van der Waals surface area contributed by atoms with Crippen LogP contribution >= 0.6 is 0 Å². The van der Waals surface area contributed by atoms with Gasteiger partial charge in [-0.1, -0.05) is 24.9 Å². The first-order valence-electron chi connectivity index (χ1n) is 8.07. The Kier molecular flexibility index (Phi) is 5.00. The van der Waals surface area contributed by atoms with Gasteiger partial charge in [0.2, 0.25) is 6.79 Å². The van der Waals surface area contributed by atoms with Gasteiger partial charge in [-0.25, -0.2) is 0 Å². The Bertz CT molecular complexity index is 588. The van der Waals surface area contributed by atoms with Gasteiger partial charge in [-0.2, -0.15) is 0 Å². The van der Waals surface area contributed by atoms with Gasteiger partial charge in [0.05, 0.1) is 6.21 Å². The fourth-order valence-electron chi connectivity index (χ4n) is 2.97. The van der Waals surface area contributed by atoms with Gasteiger partial charge in [-0.15, -0.1) is 0 Å². The van der Waals surface area contributed by atoms with Gasteiger partial charge in [-0.05, 0) is 37.0 Å². The number of amides is 1. The van der Waals surface area contributed by atoms with E-state index in [1.165, 1.54) is 19.3 Å². The minimum Gasteiger partial charge on any atom is -0.454 e. The maximum atomic E-state index is 11.9. The van der Waals surface area contributed by atoms with Crippen molar-refractivity contribution < 1.29 is 19.1 Å². The highest BCUT2D eigenvalue weighted by Crippen LogP contribution is 2.32. The number of nitrogens with one attached hydrogen (secondary N) is 1. The third kappa shape index (κ3) is 4.15. The van der Waals surface area contributed by atoms with Crippen molar-refractivity contribution in [2.45, 2.75) is 38.6 Å². The summed E-state index contributed by atoms with van der Waals surface area (Å²) in [5.41, 5.74) is 0.829. The zero-order chi connectivity index (χ0) is 16.1. The molecule has 1 N–H and O–H groups in total. The van der Waals surface area contributed by atoms with E-state index in [0.717, 1.165) is 17.7 Å². The van der Waals surface area contributed by atoms with Gasteiger partial charge in [0.15, 0.2) is 18.1 Å². The molecule has 1 aromatic rings. The first kappa shape index (κ1) is 15.6.